The molecule has 2 rings (SSSR count). The topological polar surface area (TPSA) is 15.5 Å². The largest absolute Gasteiger partial charge is 0.378 e. The lowest BCUT2D eigenvalue weighted by Gasteiger charge is -2.15. The molecule has 0 amide bonds. The van der Waals surface area contributed by atoms with Gasteiger partial charge in [0.05, 0.1) is 5.56 Å². The van der Waals surface area contributed by atoms with Crippen molar-refractivity contribution in [3.63, 3.8) is 0 Å². The number of rotatable bonds is 2. The van der Waals surface area contributed by atoms with E-state index in [-0.39, 0.29) is 0 Å². The second-order valence-electron chi connectivity index (χ2n) is 4.55. The van der Waals surface area contributed by atoms with Crippen molar-refractivity contribution in [2.45, 2.75) is 0 Å². The highest BCUT2D eigenvalue weighted by Gasteiger charge is 2.19. The summed E-state index contributed by atoms with van der Waals surface area (Å²) < 4.78 is 7.83. The summed E-state index contributed by atoms with van der Waals surface area (Å²) in [7, 11) is 4.13. The third-order valence-electron chi connectivity index (χ3n) is 3.12. The Morgan fingerprint density at radius 3 is 2.28 bits per heavy atom. The molecule has 1 aromatic carbocycles. The number of morpholine rings is 1. The fourth-order valence-electron chi connectivity index (χ4n) is 2.10. The fraction of sp³-hybridized carbons (Fsp3) is 0.500. The average Bonchev–Trinajstić information content (AvgIpc) is 2.41. The first kappa shape index (κ1) is 13.4. The molecule has 0 unspecified atom stereocenters. The van der Waals surface area contributed by atoms with E-state index in [0.29, 0.717) is 0 Å². The van der Waals surface area contributed by atoms with Crippen LogP contribution in [0, 0.1) is 0 Å². The van der Waals surface area contributed by atoms with E-state index in [1.807, 2.05) is 11.8 Å². The Balaban J connectivity index is 2.27. The van der Waals surface area contributed by atoms with Crippen LogP contribution in [0.5, 0.6) is 0 Å². The number of thioether (sulfide) groups is 1. The summed E-state index contributed by atoms with van der Waals surface area (Å²) in [5.41, 5.74) is 2.54. The molecule has 0 saturated carbocycles. The van der Waals surface area contributed by atoms with Crippen LogP contribution >= 0.6 is 11.8 Å². The van der Waals surface area contributed by atoms with Crippen molar-refractivity contribution < 1.29 is 9.31 Å². The Morgan fingerprint density at radius 1 is 1.17 bits per heavy atom. The monoisotopic (exact) mass is 265 g/mol. The number of anilines is 1. The van der Waals surface area contributed by atoms with Crippen LogP contribution in [0.2, 0.25) is 0 Å². The maximum absolute atomic E-state index is 5.41. The standard InChI is InChI=1S/C14H21N2OS/c1-15(2)13-6-4-12(5-7-13)14(18-3)16-8-10-17-11-9-16/h4-7H,8-11H2,1-3H3/q+1. The first-order valence-electron chi connectivity index (χ1n) is 6.24. The van der Waals surface area contributed by atoms with Gasteiger partial charge >= 0.3 is 0 Å². The predicted octanol–water partition coefficient (Wildman–Crippen LogP) is 1.90. The molecule has 1 aromatic rings. The van der Waals surface area contributed by atoms with Gasteiger partial charge in [0, 0.05) is 19.8 Å². The molecule has 1 aliphatic rings. The average molecular weight is 265 g/mol. The third-order valence-corrected chi connectivity index (χ3v) is 4.00. The van der Waals surface area contributed by atoms with Crippen LogP contribution in [-0.4, -0.2) is 56.3 Å². The van der Waals surface area contributed by atoms with Gasteiger partial charge in [0.25, 0.3) is 0 Å². The molecule has 0 N–H and O–H groups in total. The van der Waals surface area contributed by atoms with Gasteiger partial charge in [-0.1, -0.05) is 11.8 Å². The SMILES string of the molecule is CSC(c1ccc(N(C)C)cc1)=[N+]1CCOCC1. The summed E-state index contributed by atoms with van der Waals surface area (Å²) in [5, 5.41) is 1.35. The fourth-order valence-corrected chi connectivity index (χ4v) is 2.91. The molecule has 0 aromatic heterocycles. The molecule has 1 heterocycles. The number of nitrogens with zero attached hydrogens (tertiary/aromatic N) is 2. The molecular weight excluding hydrogens is 244 g/mol. The van der Waals surface area contributed by atoms with Crippen molar-refractivity contribution in [3.8, 4) is 0 Å². The highest BCUT2D eigenvalue weighted by Crippen LogP contribution is 2.17. The summed E-state index contributed by atoms with van der Waals surface area (Å²) >= 11 is 1.82. The van der Waals surface area contributed by atoms with E-state index >= 15 is 0 Å². The van der Waals surface area contributed by atoms with Crippen LogP contribution in [0.25, 0.3) is 0 Å². The second kappa shape index (κ2) is 6.25. The molecule has 1 fully saturated rings. The maximum atomic E-state index is 5.41. The number of ether oxygens (including phenoxy) is 1. The van der Waals surface area contributed by atoms with Gasteiger partial charge in [-0.25, -0.2) is 4.58 Å². The van der Waals surface area contributed by atoms with Crippen LogP contribution in [0.4, 0.5) is 5.69 Å². The first-order chi connectivity index (χ1) is 8.72. The van der Waals surface area contributed by atoms with E-state index < -0.39 is 0 Å². The van der Waals surface area contributed by atoms with Crippen LogP contribution in [0.1, 0.15) is 5.56 Å². The number of hydrogen-bond donors (Lipinski definition) is 0. The number of benzene rings is 1. The molecule has 4 heteroatoms. The number of hydrogen-bond acceptors (Lipinski definition) is 3. The zero-order valence-corrected chi connectivity index (χ0v) is 12.2. The molecule has 98 valence electrons. The molecule has 3 nitrogen and oxygen atoms in total. The molecule has 0 spiro atoms. The third kappa shape index (κ3) is 3.06. The molecule has 1 saturated heterocycles. The highest BCUT2D eigenvalue weighted by molar-refractivity contribution is 8.13. The quantitative estimate of drug-likeness (QED) is 0.600. The van der Waals surface area contributed by atoms with Gasteiger partial charge in [-0.15, -0.1) is 0 Å². The zero-order chi connectivity index (χ0) is 13.0. The van der Waals surface area contributed by atoms with Gasteiger partial charge in [0.2, 0.25) is 5.04 Å². The minimum atomic E-state index is 0.833. The maximum Gasteiger partial charge on any atom is 0.241 e. The Hall–Kier alpha value is -1.00. The van der Waals surface area contributed by atoms with Gasteiger partial charge in [-0.05, 0) is 30.5 Å². The lowest BCUT2D eigenvalue weighted by Crippen LogP contribution is -2.32. The van der Waals surface area contributed by atoms with E-state index in [4.69, 9.17) is 4.74 Å². The van der Waals surface area contributed by atoms with E-state index in [9.17, 15) is 0 Å². The van der Waals surface area contributed by atoms with Crippen molar-refractivity contribution >= 4 is 22.5 Å². The van der Waals surface area contributed by atoms with Gasteiger partial charge in [0.1, 0.15) is 13.2 Å². The minimum Gasteiger partial charge on any atom is -0.378 e. The molecule has 0 bridgehead atoms. The molecule has 0 aliphatic carbocycles. The normalized spacial score (nSPS) is 15.6. The van der Waals surface area contributed by atoms with E-state index in [1.165, 1.54) is 16.3 Å². The smallest absolute Gasteiger partial charge is 0.241 e. The van der Waals surface area contributed by atoms with Crippen LogP contribution < -0.4 is 4.90 Å². The Morgan fingerprint density at radius 2 is 1.78 bits per heavy atom. The predicted molar refractivity (Wildman–Crippen MR) is 79.2 cm³/mol. The van der Waals surface area contributed by atoms with Crippen molar-refractivity contribution in [3.05, 3.63) is 29.8 Å². The Kier molecular flexibility index (Phi) is 4.66. The lowest BCUT2D eigenvalue weighted by molar-refractivity contribution is -0.546. The molecular formula is C14H21N2OS+. The molecule has 0 atom stereocenters. The minimum absolute atomic E-state index is 0.833. The van der Waals surface area contributed by atoms with Crippen molar-refractivity contribution in [1.29, 1.82) is 0 Å². The Labute approximate surface area is 113 Å². The first-order valence-corrected chi connectivity index (χ1v) is 7.46. The van der Waals surface area contributed by atoms with E-state index in [0.717, 1.165) is 26.3 Å². The second-order valence-corrected chi connectivity index (χ2v) is 5.34. The van der Waals surface area contributed by atoms with Crippen molar-refractivity contribution in [1.82, 2.24) is 0 Å². The zero-order valence-electron chi connectivity index (χ0n) is 11.3. The van der Waals surface area contributed by atoms with Crippen molar-refractivity contribution in [2.75, 3.05) is 51.6 Å². The summed E-state index contributed by atoms with van der Waals surface area (Å²) in [4.78, 5) is 2.12. The van der Waals surface area contributed by atoms with E-state index in [2.05, 4.69) is 54.1 Å². The molecule has 1 aliphatic heterocycles. The highest BCUT2D eigenvalue weighted by atomic mass is 32.2. The van der Waals surface area contributed by atoms with Gasteiger partial charge in [-0.3, -0.25) is 0 Å². The summed E-state index contributed by atoms with van der Waals surface area (Å²) in [6.45, 7) is 3.65. The van der Waals surface area contributed by atoms with Gasteiger partial charge in [-0.2, -0.15) is 0 Å². The van der Waals surface area contributed by atoms with Gasteiger partial charge < -0.3 is 9.64 Å². The molecule has 18 heavy (non-hydrogen) atoms. The lowest BCUT2D eigenvalue weighted by atomic mass is 10.2. The molecule has 0 radical (unpaired) electrons. The van der Waals surface area contributed by atoms with Crippen molar-refractivity contribution in [2.24, 2.45) is 0 Å². The summed E-state index contributed by atoms with van der Waals surface area (Å²) in [6, 6.07) is 8.76. The summed E-state index contributed by atoms with van der Waals surface area (Å²) in [6.07, 6.45) is 2.14. The Bertz CT molecular complexity index is 418. The van der Waals surface area contributed by atoms with Crippen LogP contribution in [0.3, 0.4) is 0 Å². The van der Waals surface area contributed by atoms with Crippen LogP contribution in [-0.2, 0) is 4.74 Å². The van der Waals surface area contributed by atoms with Crippen LogP contribution in [0.15, 0.2) is 24.3 Å². The van der Waals surface area contributed by atoms with Gasteiger partial charge in [0.15, 0.2) is 13.1 Å². The van der Waals surface area contributed by atoms with E-state index in [1.54, 1.807) is 0 Å². The summed E-state index contributed by atoms with van der Waals surface area (Å²) in [5.74, 6) is 0.